The standard InChI is InChI=1S/C18H20N4O2S2/c1-10(12-5-3-6-13(9-12)26(19,23)24)20-17-16-14-7-4-8-15(14)25-18(16)22-11(2)21-17/h3,5-6,9-10H,4,7-8H2,1-2H3,(H2,19,23,24)(H,20,21,22). The van der Waals surface area contributed by atoms with Gasteiger partial charge in [0.1, 0.15) is 16.5 Å². The van der Waals surface area contributed by atoms with E-state index in [0.717, 1.165) is 40.3 Å². The highest BCUT2D eigenvalue weighted by atomic mass is 32.2. The van der Waals surface area contributed by atoms with Crippen LogP contribution in [0.2, 0.25) is 0 Å². The van der Waals surface area contributed by atoms with E-state index in [1.54, 1.807) is 23.5 Å². The number of nitrogens with two attached hydrogens (primary N) is 1. The van der Waals surface area contributed by atoms with Crippen LogP contribution < -0.4 is 10.5 Å². The maximum atomic E-state index is 11.6. The molecule has 0 fully saturated rings. The van der Waals surface area contributed by atoms with Gasteiger partial charge in [-0.3, -0.25) is 0 Å². The zero-order chi connectivity index (χ0) is 18.5. The molecule has 3 N–H and O–H groups in total. The van der Waals surface area contributed by atoms with Crippen LogP contribution in [0.4, 0.5) is 5.82 Å². The highest BCUT2D eigenvalue weighted by molar-refractivity contribution is 7.89. The fraction of sp³-hybridized carbons (Fsp3) is 0.333. The summed E-state index contributed by atoms with van der Waals surface area (Å²) in [5.74, 6) is 1.55. The van der Waals surface area contributed by atoms with Crippen molar-refractivity contribution >= 4 is 37.4 Å². The predicted octanol–water partition coefficient (Wildman–Crippen LogP) is 3.31. The molecule has 0 aliphatic heterocycles. The Hall–Kier alpha value is -2.03. The molecule has 2 heterocycles. The van der Waals surface area contributed by atoms with Gasteiger partial charge in [-0.25, -0.2) is 23.5 Å². The minimum absolute atomic E-state index is 0.115. The Kier molecular flexibility index (Phi) is 4.21. The average molecular weight is 389 g/mol. The molecule has 26 heavy (non-hydrogen) atoms. The number of benzene rings is 1. The summed E-state index contributed by atoms with van der Waals surface area (Å²) in [6.45, 7) is 3.87. The van der Waals surface area contributed by atoms with Gasteiger partial charge < -0.3 is 5.32 Å². The van der Waals surface area contributed by atoms with Crippen molar-refractivity contribution in [1.29, 1.82) is 0 Å². The molecule has 1 unspecified atom stereocenters. The van der Waals surface area contributed by atoms with Gasteiger partial charge in [-0.2, -0.15) is 0 Å². The van der Waals surface area contributed by atoms with E-state index in [-0.39, 0.29) is 10.9 Å². The minimum atomic E-state index is -3.72. The van der Waals surface area contributed by atoms with Crippen LogP contribution in [-0.2, 0) is 22.9 Å². The second-order valence-electron chi connectivity index (χ2n) is 6.64. The van der Waals surface area contributed by atoms with E-state index in [2.05, 4.69) is 15.3 Å². The second kappa shape index (κ2) is 6.29. The molecule has 2 aromatic heterocycles. The monoisotopic (exact) mass is 388 g/mol. The van der Waals surface area contributed by atoms with Gasteiger partial charge in [-0.05, 0) is 56.4 Å². The highest BCUT2D eigenvalue weighted by Crippen LogP contribution is 2.40. The molecule has 0 radical (unpaired) electrons. The second-order valence-corrected chi connectivity index (χ2v) is 9.29. The number of rotatable bonds is 4. The van der Waals surface area contributed by atoms with Crippen LogP contribution in [0.25, 0.3) is 10.2 Å². The lowest BCUT2D eigenvalue weighted by Gasteiger charge is -2.17. The summed E-state index contributed by atoms with van der Waals surface area (Å²) in [4.78, 5) is 11.8. The number of sulfonamides is 1. The largest absolute Gasteiger partial charge is 0.363 e. The number of fused-ring (bicyclic) bond motifs is 3. The molecule has 0 saturated heterocycles. The Morgan fingerprint density at radius 2 is 2.08 bits per heavy atom. The number of nitrogens with zero attached hydrogens (tertiary/aromatic N) is 2. The Labute approximate surface area is 156 Å². The summed E-state index contributed by atoms with van der Waals surface area (Å²) in [6.07, 6.45) is 3.35. The Morgan fingerprint density at radius 1 is 1.27 bits per heavy atom. The van der Waals surface area contributed by atoms with Crippen LogP contribution in [0.3, 0.4) is 0 Å². The van der Waals surface area contributed by atoms with Crippen LogP contribution in [0.15, 0.2) is 29.2 Å². The van der Waals surface area contributed by atoms with Gasteiger partial charge in [0, 0.05) is 4.88 Å². The smallest absolute Gasteiger partial charge is 0.238 e. The summed E-state index contributed by atoms with van der Waals surface area (Å²) >= 11 is 1.76. The number of aromatic nitrogens is 2. The van der Waals surface area contributed by atoms with Gasteiger partial charge >= 0.3 is 0 Å². The van der Waals surface area contributed by atoms with Gasteiger partial charge in [0.15, 0.2) is 0 Å². The van der Waals surface area contributed by atoms with Gasteiger partial charge in [0.2, 0.25) is 10.0 Å². The van der Waals surface area contributed by atoms with Crippen molar-refractivity contribution < 1.29 is 8.42 Å². The van der Waals surface area contributed by atoms with Crippen LogP contribution >= 0.6 is 11.3 Å². The normalized spacial score (nSPS) is 15.2. The molecule has 8 heteroatoms. The summed E-state index contributed by atoms with van der Waals surface area (Å²) in [5, 5.41) is 9.82. The highest BCUT2D eigenvalue weighted by Gasteiger charge is 2.23. The van der Waals surface area contributed by atoms with Crippen molar-refractivity contribution in [3.8, 4) is 0 Å². The fourth-order valence-electron chi connectivity index (χ4n) is 3.46. The zero-order valence-electron chi connectivity index (χ0n) is 14.6. The third-order valence-electron chi connectivity index (χ3n) is 4.72. The number of hydrogen-bond donors (Lipinski definition) is 2. The van der Waals surface area contributed by atoms with Gasteiger partial charge in [0.25, 0.3) is 0 Å². The summed E-state index contributed by atoms with van der Waals surface area (Å²) in [7, 11) is -3.72. The van der Waals surface area contributed by atoms with E-state index in [4.69, 9.17) is 5.14 Å². The lowest BCUT2D eigenvalue weighted by molar-refractivity contribution is 0.597. The number of hydrogen-bond acceptors (Lipinski definition) is 6. The zero-order valence-corrected chi connectivity index (χ0v) is 16.2. The first-order valence-corrected chi connectivity index (χ1v) is 10.9. The van der Waals surface area contributed by atoms with E-state index in [0.29, 0.717) is 0 Å². The first-order valence-electron chi connectivity index (χ1n) is 8.51. The number of anilines is 1. The SMILES string of the molecule is Cc1nc(NC(C)c2cccc(S(N)(=O)=O)c2)c2c3c(sc2n1)CCC3. The quantitative estimate of drug-likeness (QED) is 0.714. The lowest BCUT2D eigenvalue weighted by Crippen LogP contribution is -2.14. The van der Waals surface area contributed by atoms with Gasteiger partial charge in [-0.1, -0.05) is 12.1 Å². The molecule has 1 aromatic carbocycles. The molecule has 3 aromatic rings. The molecule has 0 spiro atoms. The van der Waals surface area contributed by atoms with Crippen LogP contribution in [0.1, 0.15) is 41.2 Å². The topological polar surface area (TPSA) is 98.0 Å². The predicted molar refractivity (Wildman–Crippen MR) is 104 cm³/mol. The van der Waals surface area contributed by atoms with Crippen molar-refractivity contribution in [3.63, 3.8) is 0 Å². The van der Waals surface area contributed by atoms with Crippen LogP contribution in [-0.4, -0.2) is 18.4 Å². The number of nitrogens with one attached hydrogen (secondary N) is 1. The molecule has 0 saturated carbocycles. The van der Waals surface area contributed by atoms with E-state index < -0.39 is 10.0 Å². The van der Waals surface area contributed by atoms with Crippen molar-refractivity contribution in [2.45, 2.75) is 44.0 Å². The summed E-state index contributed by atoms with van der Waals surface area (Å²) in [6, 6.07) is 6.58. The van der Waals surface area contributed by atoms with Crippen molar-refractivity contribution in [3.05, 3.63) is 46.1 Å². The number of primary sulfonamides is 1. The van der Waals surface area contributed by atoms with Gasteiger partial charge in [-0.15, -0.1) is 11.3 Å². The Balaban J connectivity index is 1.74. The third kappa shape index (κ3) is 3.08. The number of aryl methyl sites for hydroxylation is 3. The molecule has 0 bridgehead atoms. The van der Waals surface area contributed by atoms with Crippen molar-refractivity contribution in [1.82, 2.24) is 9.97 Å². The molecule has 1 aliphatic rings. The van der Waals surface area contributed by atoms with E-state index >= 15 is 0 Å². The van der Waals surface area contributed by atoms with E-state index in [1.165, 1.54) is 22.9 Å². The average Bonchev–Trinajstić information content (AvgIpc) is 3.14. The molecule has 4 rings (SSSR count). The molecule has 1 aliphatic carbocycles. The minimum Gasteiger partial charge on any atom is -0.363 e. The maximum Gasteiger partial charge on any atom is 0.238 e. The molecule has 6 nitrogen and oxygen atoms in total. The van der Waals surface area contributed by atoms with E-state index in [1.807, 2.05) is 19.9 Å². The maximum absolute atomic E-state index is 11.6. The van der Waals surface area contributed by atoms with Crippen LogP contribution in [0.5, 0.6) is 0 Å². The molecular formula is C18H20N4O2S2. The molecule has 136 valence electrons. The summed E-state index contributed by atoms with van der Waals surface area (Å²) in [5.41, 5.74) is 2.20. The summed E-state index contributed by atoms with van der Waals surface area (Å²) < 4.78 is 23.2. The van der Waals surface area contributed by atoms with Crippen LogP contribution in [0, 0.1) is 6.92 Å². The van der Waals surface area contributed by atoms with Crippen molar-refractivity contribution in [2.75, 3.05) is 5.32 Å². The van der Waals surface area contributed by atoms with Gasteiger partial charge in [0.05, 0.1) is 16.3 Å². The first kappa shape index (κ1) is 17.4. The Morgan fingerprint density at radius 3 is 2.85 bits per heavy atom. The fourth-order valence-corrected chi connectivity index (χ4v) is 5.33. The number of thiophene rings is 1. The third-order valence-corrected chi connectivity index (χ3v) is 6.81. The van der Waals surface area contributed by atoms with E-state index in [9.17, 15) is 8.42 Å². The molecule has 0 amide bonds. The van der Waals surface area contributed by atoms with Crippen molar-refractivity contribution in [2.24, 2.45) is 5.14 Å². The Bertz CT molecular complexity index is 1110. The lowest BCUT2D eigenvalue weighted by atomic mass is 10.1. The first-order chi connectivity index (χ1) is 12.3. The molecular weight excluding hydrogens is 368 g/mol. The molecule has 1 atom stereocenters.